The summed E-state index contributed by atoms with van der Waals surface area (Å²) in [6.45, 7) is 0. The molecule has 1 aromatic carbocycles. The minimum atomic E-state index is -0.419. The van der Waals surface area contributed by atoms with Gasteiger partial charge in [-0.15, -0.1) is 0 Å². The van der Waals surface area contributed by atoms with Gasteiger partial charge in [0.05, 0.1) is 25.5 Å². The normalized spacial score (nSPS) is 9.20. The quantitative estimate of drug-likeness (QED) is 0.614. The summed E-state index contributed by atoms with van der Waals surface area (Å²) in [5, 5.41) is 2.98. The fourth-order valence-electron chi connectivity index (χ4n) is 1.04. The monoisotopic (exact) mass is 225 g/mol. The highest BCUT2D eigenvalue weighted by molar-refractivity contribution is 7.80. The van der Waals surface area contributed by atoms with Crippen LogP contribution in [0.25, 0.3) is 0 Å². The fraction of sp³-hybridized carbons (Fsp3) is 0.200. The lowest BCUT2D eigenvalue weighted by atomic mass is 10.2. The van der Waals surface area contributed by atoms with Crippen LogP contribution in [0.1, 0.15) is 10.4 Å². The first kappa shape index (κ1) is 11.5. The lowest BCUT2D eigenvalue weighted by Crippen LogP contribution is -2.14. The Morgan fingerprint density at radius 3 is 2.53 bits per heavy atom. The first-order chi connectivity index (χ1) is 7.19. The zero-order chi connectivity index (χ0) is 11.3. The molecule has 1 aromatic rings. The number of esters is 1. The Hall–Kier alpha value is -1.62. The number of benzene rings is 1. The van der Waals surface area contributed by atoms with E-state index in [1.807, 2.05) is 0 Å². The predicted octanol–water partition coefficient (Wildman–Crippen LogP) is 1.82. The summed E-state index contributed by atoms with van der Waals surface area (Å²) >= 11 is 4.83. The number of carbonyl (C=O) groups is 1. The number of ether oxygens (including phenoxy) is 2. The van der Waals surface area contributed by atoms with E-state index < -0.39 is 5.97 Å². The van der Waals surface area contributed by atoms with Gasteiger partial charge >= 0.3 is 5.97 Å². The van der Waals surface area contributed by atoms with Gasteiger partial charge in [0.15, 0.2) is 0 Å². The predicted molar refractivity (Wildman–Crippen MR) is 61.0 cm³/mol. The third-order valence-corrected chi connectivity index (χ3v) is 2.02. The highest BCUT2D eigenvalue weighted by atomic mass is 32.1. The Labute approximate surface area is 93.2 Å². The molecule has 0 aliphatic carbocycles. The molecule has 0 unspecified atom stereocenters. The van der Waals surface area contributed by atoms with Gasteiger partial charge in [-0.3, -0.25) is 0 Å². The summed E-state index contributed by atoms with van der Waals surface area (Å²) in [5.41, 5.74) is 0.982. The van der Waals surface area contributed by atoms with Crippen molar-refractivity contribution in [1.82, 2.24) is 0 Å². The van der Waals surface area contributed by atoms with Crippen LogP contribution >= 0.6 is 12.2 Å². The molecule has 0 amide bonds. The minimum absolute atomic E-state index is 0.200. The van der Waals surface area contributed by atoms with Crippen LogP contribution in [0.5, 0.6) is 0 Å². The van der Waals surface area contributed by atoms with Crippen LogP contribution in [-0.2, 0) is 9.47 Å². The summed E-state index contributed by atoms with van der Waals surface area (Å²) in [7, 11) is 2.78. The first-order valence-electron chi connectivity index (χ1n) is 4.21. The van der Waals surface area contributed by atoms with Gasteiger partial charge in [-0.25, -0.2) is 4.79 Å². The standard InChI is InChI=1S/C10H11NO3S/c1-13-9(12)7-5-3-4-6-8(7)11-10(15)14-2/h3-6H,1-2H3,(H,11,15). The van der Waals surface area contributed by atoms with Gasteiger partial charge in [-0.1, -0.05) is 12.1 Å². The van der Waals surface area contributed by atoms with Crippen LogP contribution in [0, 0.1) is 0 Å². The Bertz CT molecular complexity index is 379. The molecule has 0 fully saturated rings. The molecule has 0 aromatic heterocycles. The van der Waals surface area contributed by atoms with Crippen LogP contribution in [0.3, 0.4) is 0 Å². The lowest BCUT2D eigenvalue weighted by Gasteiger charge is -2.09. The van der Waals surface area contributed by atoms with E-state index >= 15 is 0 Å². The summed E-state index contributed by atoms with van der Waals surface area (Å²) < 4.78 is 9.42. The minimum Gasteiger partial charge on any atom is -0.474 e. The van der Waals surface area contributed by atoms with Gasteiger partial charge in [0, 0.05) is 0 Å². The zero-order valence-corrected chi connectivity index (χ0v) is 9.26. The van der Waals surface area contributed by atoms with Crippen molar-refractivity contribution >= 4 is 29.0 Å². The molecule has 0 heterocycles. The van der Waals surface area contributed by atoms with Crippen molar-refractivity contribution in [2.24, 2.45) is 0 Å². The molecule has 5 heteroatoms. The number of rotatable bonds is 2. The second-order valence-electron chi connectivity index (χ2n) is 2.65. The van der Waals surface area contributed by atoms with Gasteiger partial charge in [0.1, 0.15) is 0 Å². The number of hydrogen-bond donors (Lipinski definition) is 1. The van der Waals surface area contributed by atoms with Crippen molar-refractivity contribution in [3.8, 4) is 0 Å². The maximum atomic E-state index is 11.4. The molecule has 0 saturated carbocycles. The molecule has 4 nitrogen and oxygen atoms in total. The molecule has 0 radical (unpaired) electrons. The van der Waals surface area contributed by atoms with E-state index in [1.54, 1.807) is 24.3 Å². The van der Waals surface area contributed by atoms with Gasteiger partial charge < -0.3 is 14.8 Å². The maximum absolute atomic E-state index is 11.4. The number of nitrogens with one attached hydrogen (secondary N) is 1. The molecule has 0 bridgehead atoms. The highest BCUT2D eigenvalue weighted by Gasteiger charge is 2.11. The summed E-state index contributed by atoms with van der Waals surface area (Å²) in [4.78, 5) is 11.4. The van der Waals surface area contributed by atoms with Crippen LogP contribution in [0.15, 0.2) is 24.3 Å². The van der Waals surface area contributed by atoms with Gasteiger partial charge in [-0.05, 0) is 24.4 Å². The number of thiocarbonyl (C=S) groups is 1. The topological polar surface area (TPSA) is 47.6 Å². The molecule has 1 rings (SSSR count). The molecule has 0 aliphatic heterocycles. The molecule has 80 valence electrons. The summed E-state index contributed by atoms with van der Waals surface area (Å²) in [6.07, 6.45) is 0. The average molecular weight is 225 g/mol. The number of hydrogen-bond acceptors (Lipinski definition) is 4. The third kappa shape index (κ3) is 2.92. The average Bonchev–Trinajstić information content (AvgIpc) is 2.28. The van der Waals surface area contributed by atoms with E-state index in [0.717, 1.165) is 0 Å². The van der Waals surface area contributed by atoms with Crippen molar-refractivity contribution in [3.05, 3.63) is 29.8 Å². The van der Waals surface area contributed by atoms with Crippen LogP contribution in [0.4, 0.5) is 5.69 Å². The molecule has 0 atom stereocenters. The van der Waals surface area contributed by atoms with E-state index in [2.05, 4.69) is 10.1 Å². The Balaban J connectivity index is 2.96. The fourth-order valence-corrected chi connectivity index (χ4v) is 1.15. The highest BCUT2D eigenvalue weighted by Crippen LogP contribution is 2.15. The molecule has 15 heavy (non-hydrogen) atoms. The Morgan fingerprint density at radius 1 is 1.27 bits per heavy atom. The van der Waals surface area contributed by atoms with E-state index in [-0.39, 0.29) is 5.17 Å². The number of carbonyl (C=O) groups excluding carboxylic acids is 1. The molecule has 0 saturated heterocycles. The second kappa shape index (κ2) is 5.31. The SMILES string of the molecule is COC(=O)c1ccccc1NC(=S)OC. The summed E-state index contributed by atoms with van der Waals surface area (Å²) in [6, 6.07) is 6.89. The van der Waals surface area contributed by atoms with Crippen LogP contribution in [-0.4, -0.2) is 25.4 Å². The number of para-hydroxylation sites is 1. The first-order valence-corrected chi connectivity index (χ1v) is 4.62. The zero-order valence-electron chi connectivity index (χ0n) is 8.44. The molecule has 1 N–H and O–H groups in total. The molecule has 0 aliphatic rings. The number of anilines is 1. The van der Waals surface area contributed by atoms with Crippen LogP contribution in [0.2, 0.25) is 0 Å². The number of methoxy groups -OCH3 is 2. The van der Waals surface area contributed by atoms with Gasteiger partial charge in [0.25, 0.3) is 5.17 Å². The third-order valence-electron chi connectivity index (χ3n) is 1.75. The van der Waals surface area contributed by atoms with E-state index in [9.17, 15) is 4.79 Å². The summed E-state index contributed by atoms with van der Waals surface area (Å²) in [5.74, 6) is -0.419. The van der Waals surface area contributed by atoms with E-state index in [1.165, 1.54) is 14.2 Å². The van der Waals surface area contributed by atoms with Crippen LogP contribution < -0.4 is 5.32 Å². The lowest BCUT2D eigenvalue weighted by molar-refractivity contribution is 0.0602. The van der Waals surface area contributed by atoms with Gasteiger partial charge in [-0.2, -0.15) is 0 Å². The van der Waals surface area contributed by atoms with Crippen molar-refractivity contribution in [3.63, 3.8) is 0 Å². The molecular formula is C10H11NO3S. The van der Waals surface area contributed by atoms with Crippen molar-refractivity contribution in [2.45, 2.75) is 0 Å². The largest absolute Gasteiger partial charge is 0.474 e. The molecular weight excluding hydrogens is 214 g/mol. The van der Waals surface area contributed by atoms with Gasteiger partial charge in [0.2, 0.25) is 0 Å². The Morgan fingerprint density at radius 2 is 1.93 bits per heavy atom. The van der Waals surface area contributed by atoms with Crippen molar-refractivity contribution in [2.75, 3.05) is 19.5 Å². The Kier molecular flexibility index (Phi) is 4.05. The molecule has 0 spiro atoms. The van der Waals surface area contributed by atoms with Crippen molar-refractivity contribution < 1.29 is 14.3 Å². The second-order valence-corrected chi connectivity index (χ2v) is 3.02. The smallest absolute Gasteiger partial charge is 0.339 e. The van der Waals surface area contributed by atoms with E-state index in [0.29, 0.717) is 11.3 Å². The van der Waals surface area contributed by atoms with E-state index in [4.69, 9.17) is 17.0 Å². The van der Waals surface area contributed by atoms with Crippen molar-refractivity contribution in [1.29, 1.82) is 0 Å². The maximum Gasteiger partial charge on any atom is 0.339 e.